The molecule has 0 aromatic rings. The van der Waals surface area contributed by atoms with Gasteiger partial charge in [0.1, 0.15) is 5.60 Å². The predicted octanol–water partition coefficient (Wildman–Crippen LogP) is 0.496. The van der Waals surface area contributed by atoms with Gasteiger partial charge in [-0.25, -0.2) is 4.79 Å². The summed E-state index contributed by atoms with van der Waals surface area (Å²) in [4.78, 5) is 15.8. The van der Waals surface area contributed by atoms with Crippen LogP contribution < -0.4 is 5.73 Å². The quantitative estimate of drug-likeness (QED) is 0.711. The topological polar surface area (TPSA) is 58.8 Å². The van der Waals surface area contributed by atoms with E-state index < -0.39 is 5.60 Å². The Hall–Kier alpha value is -0.810. The summed E-state index contributed by atoms with van der Waals surface area (Å²) in [5.74, 6) is 0. The lowest BCUT2D eigenvalue weighted by molar-refractivity contribution is 0.00288. The lowest BCUT2D eigenvalue weighted by Crippen LogP contribution is -2.57. The second-order valence-electron chi connectivity index (χ2n) is 5.33. The standard InChI is InChI=1S/C11H23N3O2/c1-11(2,3)16-10(15)14-6-5-13(4)8-9(14)7-12/h9H,5-8,12H2,1-4H3/t9-/m0/s1. The molecule has 1 aliphatic heterocycles. The number of likely N-dealkylation sites (N-methyl/N-ethyl adjacent to an activating group) is 1. The molecule has 0 aromatic heterocycles. The first-order chi connectivity index (χ1) is 7.33. The molecular weight excluding hydrogens is 206 g/mol. The molecule has 0 radical (unpaired) electrons. The van der Waals surface area contributed by atoms with Crippen molar-refractivity contribution in [3.05, 3.63) is 0 Å². The Bertz CT molecular complexity index is 250. The minimum atomic E-state index is -0.445. The number of nitrogens with zero attached hydrogens (tertiary/aromatic N) is 2. The predicted molar refractivity (Wildman–Crippen MR) is 63.3 cm³/mol. The number of nitrogens with two attached hydrogens (primary N) is 1. The van der Waals surface area contributed by atoms with Crippen LogP contribution in [0.2, 0.25) is 0 Å². The van der Waals surface area contributed by atoms with Crippen LogP contribution in [0.4, 0.5) is 4.79 Å². The molecule has 0 aromatic carbocycles. The third kappa shape index (κ3) is 3.64. The molecule has 16 heavy (non-hydrogen) atoms. The molecule has 5 nitrogen and oxygen atoms in total. The van der Waals surface area contributed by atoms with Crippen molar-refractivity contribution in [1.29, 1.82) is 0 Å². The van der Waals surface area contributed by atoms with Gasteiger partial charge < -0.3 is 20.3 Å². The van der Waals surface area contributed by atoms with E-state index >= 15 is 0 Å². The van der Waals surface area contributed by atoms with Crippen LogP contribution in [-0.4, -0.2) is 60.8 Å². The number of ether oxygens (including phenoxy) is 1. The third-order valence-corrected chi connectivity index (χ3v) is 2.59. The normalized spacial score (nSPS) is 23.3. The van der Waals surface area contributed by atoms with Crippen molar-refractivity contribution >= 4 is 6.09 Å². The summed E-state index contributed by atoms with van der Waals surface area (Å²) < 4.78 is 5.36. The highest BCUT2D eigenvalue weighted by Crippen LogP contribution is 2.14. The van der Waals surface area contributed by atoms with Crippen LogP contribution >= 0.6 is 0 Å². The molecule has 94 valence electrons. The molecule has 1 atom stereocenters. The summed E-state index contributed by atoms with van der Waals surface area (Å²) in [6, 6.07) is 0.0635. The number of rotatable bonds is 1. The van der Waals surface area contributed by atoms with Crippen molar-refractivity contribution in [3.63, 3.8) is 0 Å². The van der Waals surface area contributed by atoms with Gasteiger partial charge in [-0.3, -0.25) is 0 Å². The minimum absolute atomic E-state index is 0.0635. The first-order valence-electron chi connectivity index (χ1n) is 5.71. The highest BCUT2D eigenvalue weighted by Gasteiger charge is 2.31. The van der Waals surface area contributed by atoms with E-state index in [1.807, 2.05) is 27.8 Å². The summed E-state index contributed by atoms with van der Waals surface area (Å²) in [6.07, 6.45) is -0.254. The molecule has 0 unspecified atom stereocenters. The molecule has 1 heterocycles. The smallest absolute Gasteiger partial charge is 0.410 e. The van der Waals surface area contributed by atoms with Gasteiger partial charge in [-0.2, -0.15) is 0 Å². The maximum atomic E-state index is 11.9. The monoisotopic (exact) mass is 229 g/mol. The number of hydrogen-bond acceptors (Lipinski definition) is 4. The average Bonchev–Trinajstić information content (AvgIpc) is 2.14. The molecule has 2 N–H and O–H groups in total. The number of carbonyl (C=O) groups is 1. The molecule has 0 aliphatic carbocycles. The molecule has 1 aliphatic rings. The van der Waals surface area contributed by atoms with Crippen LogP contribution in [-0.2, 0) is 4.74 Å². The fourth-order valence-corrected chi connectivity index (χ4v) is 1.77. The van der Waals surface area contributed by atoms with E-state index in [9.17, 15) is 4.79 Å². The number of piperazine rings is 1. The van der Waals surface area contributed by atoms with Crippen molar-refractivity contribution < 1.29 is 9.53 Å². The lowest BCUT2D eigenvalue weighted by atomic mass is 10.2. The molecule has 1 saturated heterocycles. The van der Waals surface area contributed by atoms with Gasteiger partial charge in [0.05, 0.1) is 6.04 Å². The van der Waals surface area contributed by atoms with Gasteiger partial charge in [-0.1, -0.05) is 0 Å². The zero-order valence-corrected chi connectivity index (χ0v) is 10.7. The fourth-order valence-electron chi connectivity index (χ4n) is 1.77. The molecular formula is C11H23N3O2. The Kier molecular flexibility index (Phi) is 4.15. The maximum absolute atomic E-state index is 11.9. The molecule has 0 saturated carbocycles. The fraction of sp³-hybridized carbons (Fsp3) is 0.909. The van der Waals surface area contributed by atoms with Crippen LogP contribution in [0.3, 0.4) is 0 Å². The zero-order valence-electron chi connectivity index (χ0n) is 10.7. The van der Waals surface area contributed by atoms with E-state index in [0.29, 0.717) is 13.1 Å². The Morgan fingerprint density at radius 2 is 2.06 bits per heavy atom. The number of amides is 1. The average molecular weight is 229 g/mol. The van der Waals surface area contributed by atoms with Gasteiger partial charge in [0.25, 0.3) is 0 Å². The van der Waals surface area contributed by atoms with E-state index in [-0.39, 0.29) is 12.1 Å². The largest absolute Gasteiger partial charge is 0.444 e. The van der Waals surface area contributed by atoms with Gasteiger partial charge in [-0.15, -0.1) is 0 Å². The third-order valence-electron chi connectivity index (χ3n) is 2.59. The van der Waals surface area contributed by atoms with Crippen molar-refractivity contribution in [2.24, 2.45) is 5.73 Å². The van der Waals surface area contributed by atoms with E-state index in [4.69, 9.17) is 10.5 Å². The molecule has 1 fully saturated rings. The Labute approximate surface area is 97.5 Å². The zero-order chi connectivity index (χ0) is 12.3. The van der Waals surface area contributed by atoms with E-state index in [2.05, 4.69) is 4.90 Å². The second-order valence-corrected chi connectivity index (χ2v) is 5.33. The minimum Gasteiger partial charge on any atom is -0.444 e. The van der Waals surface area contributed by atoms with E-state index in [0.717, 1.165) is 13.1 Å². The van der Waals surface area contributed by atoms with Crippen molar-refractivity contribution in [2.75, 3.05) is 33.2 Å². The summed E-state index contributed by atoms with van der Waals surface area (Å²) in [5, 5.41) is 0. The molecule has 1 rings (SSSR count). The summed E-state index contributed by atoms with van der Waals surface area (Å²) in [6.45, 7) is 8.47. The highest BCUT2D eigenvalue weighted by molar-refractivity contribution is 5.68. The summed E-state index contributed by atoms with van der Waals surface area (Å²) in [5.41, 5.74) is 5.24. The highest BCUT2D eigenvalue weighted by atomic mass is 16.6. The Morgan fingerprint density at radius 1 is 1.44 bits per heavy atom. The SMILES string of the molecule is CN1CCN(C(=O)OC(C)(C)C)[C@@H](CN)C1. The van der Waals surface area contributed by atoms with Crippen molar-refractivity contribution in [1.82, 2.24) is 9.80 Å². The van der Waals surface area contributed by atoms with Crippen LogP contribution in [0.25, 0.3) is 0 Å². The lowest BCUT2D eigenvalue weighted by Gasteiger charge is -2.39. The Balaban J connectivity index is 2.60. The summed E-state index contributed by atoms with van der Waals surface area (Å²) in [7, 11) is 2.04. The second kappa shape index (κ2) is 5.01. The van der Waals surface area contributed by atoms with Crippen LogP contribution in [0, 0.1) is 0 Å². The summed E-state index contributed by atoms with van der Waals surface area (Å²) >= 11 is 0. The van der Waals surface area contributed by atoms with Gasteiger partial charge in [0, 0.05) is 26.2 Å². The van der Waals surface area contributed by atoms with Gasteiger partial charge in [-0.05, 0) is 27.8 Å². The molecule has 0 bridgehead atoms. The van der Waals surface area contributed by atoms with Crippen LogP contribution in [0.5, 0.6) is 0 Å². The van der Waals surface area contributed by atoms with Gasteiger partial charge in [0.2, 0.25) is 0 Å². The molecule has 1 amide bonds. The molecule has 0 spiro atoms. The van der Waals surface area contributed by atoms with E-state index in [1.54, 1.807) is 4.90 Å². The van der Waals surface area contributed by atoms with Crippen molar-refractivity contribution in [3.8, 4) is 0 Å². The maximum Gasteiger partial charge on any atom is 0.410 e. The van der Waals surface area contributed by atoms with Crippen LogP contribution in [0.1, 0.15) is 20.8 Å². The first-order valence-corrected chi connectivity index (χ1v) is 5.71. The first kappa shape index (κ1) is 13.3. The molecule has 5 heteroatoms. The van der Waals surface area contributed by atoms with E-state index in [1.165, 1.54) is 0 Å². The van der Waals surface area contributed by atoms with Gasteiger partial charge >= 0.3 is 6.09 Å². The van der Waals surface area contributed by atoms with Crippen molar-refractivity contribution in [2.45, 2.75) is 32.4 Å². The number of hydrogen-bond donors (Lipinski definition) is 1. The van der Waals surface area contributed by atoms with Gasteiger partial charge in [0.15, 0.2) is 0 Å². The Morgan fingerprint density at radius 3 is 2.56 bits per heavy atom. The van der Waals surface area contributed by atoms with Crippen LogP contribution in [0.15, 0.2) is 0 Å². The number of carbonyl (C=O) groups excluding carboxylic acids is 1.